The van der Waals surface area contributed by atoms with Crippen molar-refractivity contribution in [2.75, 3.05) is 0 Å². The van der Waals surface area contributed by atoms with Gasteiger partial charge < -0.3 is 14.9 Å². The van der Waals surface area contributed by atoms with Crippen molar-refractivity contribution in [3.8, 4) is 11.1 Å². The fraction of sp³-hybridized carbons (Fsp3) is 0.176. The quantitative estimate of drug-likeness (QED) is 0.856. The van der Waals surface area contributed by atoms with Gasteiger partial charge in [-0.05, 0) is 24.1 Å². The molecule has 22 heavy (non-hydrogen) atoms. The maximum Gasteiger partial charge on any atom is 0.336 e. The lowest BCUT2D eigenvalue weighted by atomic mass is 9.94. The number of ether oxygens (including phenoxy) is 1. The van der Waals surface area contributed by atoms with E-state index in [2.05, 4.69) is 0 Å². The van der Waals surface area contributed by atoms with E-state index in [-0.39, 0.29) is 12.2 Å². The smallest absolute Gasteiger partial charge is 0.336 e. The van der Waals surface area contributed by atoms with Crippen LogP contribution in [0.5, 0.6) is 0 Å². The molecule has 1 atom stereocenters. The van der Waals surface area contributed by atoms with E-state index in [0.29, 0.717) is 11.1 Å². The summed E-state index contributed by atoms with van der Waals surface area (Å²) in [5.74, 6) is -2.09. The molecular weight excluding hydrogens is 284 g/mol. The van der Waals surface area contributed by atoms with E-state index < -0.39 is 18.0 Å². The van der Waals surface area contributed by atoms with E-state index in [9.17, 15) is 14.7 Å². The van der Waals surface area contributed by atoms with E-state index in [1.807, 2.05) is 30.3 Å². The Hall–Kier alpha value is -2.66. The zero-order chi connectivity index (χ0) is 16.1. The monoisotopic (exact) mass is 300 g/mol. The first-order valence-electron chi connectivity index (χ1n) is 6.75. The number of carboxylic acid groups (broad SMARTS) is 2. The van der Waals surface area contributed by atoms with Crippen molar-refractivity contribution in [2.24, 2.45) is 0 Å². The zero-order valence-electron chi connectivity index (χ0n) is 12.0. The molecule has 0 aliphatic rings. The summed E-state index contributed by atoms with van der Waals surface area (Å²) in [5, 5.41) is 18.3. The number of carbonyl (C=O) groups is 2. The number of benzene rings is 2. The van der Waals surface area contributed by atoms with Crippen LogP contribution in [-0.2, 0) is 16.1 Å². The fourth-order valence-corrected chi connectivity index (χ4v) is 2.13. The van der Waals surface area contributed by atoms with Crippen LogP contribution in [0.4, 0.5) is 0 Å². The van der Waals surface area contributed by atoms with Crippen LogP contribution >= 0.6 is 0 Å². The lowest BCUT2D eigenvalue weighted by molar-refractivity contribution is -0.149. The van der Waals surface area contributed by atoms with Crippen molar-refractivity contribution < 1.29 is 24.5 Å². The molecule has 0 aliphatic carbocycles. The summed E-state index contributed by atoms with van der Waals surface area (Å²) in [6.45, 7) is 1.46. The highest BCUT2D eigenvalue weighted by atomic mass is 16.5. The van der Waals surface area contributed by atoms with Gasteiger partial charge in [0, 0.05) is 5.56 Å². The number of rotatable bonds is 6. The molecule has 0 aromatic heterocycles. The number of hydrogen-bond donors (Lipinski definition) is 2. The van der Waals surface area contributed by atoms with Crippen LogP contribution in [0.15, 0.2) is 48.5 Å². The molecule has 0 saturated carbocycles. The molecule has 0 bridgehead atoms. The predicted octanol–water partition coefficient (Wildman–Crippen LogP) is 3.04. The molecule has 2 rings (SSSR count). The topological polar surface area (TPSA) is 83.8 Å². The van der Waals surface area contributed by atoms with Crippen LogP contribution in [0.3, 0.4) is 0 Å². The summed E-state index contributed by atoms with van der Waals surface area (Å²) < 4.78 is 5.29. The molecule has 5 nitrogen and oxygen atoms in total. The summed E-state index contributed by atoms with van der Waals surface area (Å²) in [6, 6.07) is 14.0. The molecule has 0 aliphatic heterocycles. The molecule has 0 radical (unpaired) electrons. The highest BCUT2D eigenvalue weighted by molar-refractivity contribution is 5.97. The van der Waals surface area contributed by atoms with Gasteiger partial charge in [0.1, 0.15) is 0 Å². The lowest BCUT2D eigenvalue weighted by Crippen LogP contribution is -2.19. The minimum absolute atomic E-state index is 0.0266. The normalized spacial score (nSPS) is 11.9. The van der Waals surface area contributed by atoms with Crippen molar-refractivity contribution in [2.45, 2.75) is 19.6 Å². The lowest BCUT2D eigenvalue weighted by Gasteiger charge is -2.15. The Balaban J connectivity index is 2.43. The van der Waals surface area contributed by atoms with Crippen molar-refractivity contribution >= 4 is 11.9 Å². The second-order valence-corrected chi connectivity index (χ2v) is 4.80. The van der Waals surface area contributed by atoms with Gasteiger partial charge >= 0.3 is 11.9 Å². The van der Waals surface area contributed by atoms with Gasteiger partial charge in [-0.15, -0.1) is 0 Å². The molecule has 0 fully saturated rings. The third-order valence-corrected chi connectivity index (χ3v) is 3.28. The minimum atomic E-state index is -1.06. The Morgan fingerprint density at radius 2 is 1.73 bits per heavy atom. The molecular formula is C17H16O5. The van der Waals surface area contributed by atoms with Crippen LogP contribution in [0.1, 0.15) is 22.8 Å². The SMILES string of the molecule is C[C@H](OCc1cccc(C(=O)O)c1-c1ccccc1)C(=O)O. The van der Waals surface area contributed by atoms with Gasteiger partial charge in [-0.1, -0.05) is 42.5 Å². The fourth-order valence-electron chi connectivity index (χ4n) is 2.13. The standard InChI is InChI=1S/C17H16O5/c1-11(16(18)19)22-10-13-8-5-9-14(17(20)21)15(13)12-6-3-2-4-7-12/h2-9,11H,10H2,1H3,(H,18,19)(H,20,21)/t11-/m0/s1. The number of aliphatic carboxylic acids is 1. The average Bonchev–Trinajstić information content (AvgIpc) is 2.52. The Morgan fingerprint density at radius 3 is 2.32 bits per heavy atom. The molecule has 0 heterocycles. The molecule has 5 heteroatoms. The number of aromatic carboxylic acids is 1. The van der Waals surface area contributed by atoms with Crippen molar-refractivity contribution in [3.63, 3.8) is 0 Å². The maximum absolute atomic E-state index is 11.5. The Labute approximate surface area is 127 Å². The van der Waals surface area contributed by atoms with Gasteiger partial charge in [-0.25, -0.2) is 9.59 Å². The largest absolute Gasteiger partial charge is 0.479 e. The third-order valence-electron chi connectivity index (χ3n) is 3.28. The Morgan fingerprint density at radius 1 is 1.05 bits per heavy atom. The van der Waals surface area contributed by atoms with Gasteiger partial charge in [0.15, 0.2) is 6.10 Å². The second kappa shape index (κ2) is 6.87. The summed E-state index contributed by atoms with van der Waals surface area (Å²) in [4.78, 5) is 22.3. The summed E-state index contributed by atoms with van der Waals surface area (Å²) in [7, 11) is 0. The maximum atomic E-state index is 11.5. The molecule has 2 aromatic rings. The minimum Gasteiger partial charge on any atom is -0.479 e. The first-order chi connectivity index (χ1) is 10.5. The van der Waals surface area contributed by atoms with Crippen LogP contribution in [0, 0.1) is 0 Å². The zero-order valence-corrected chi connectivity index (χ0v) is 12.0. The molecule has 0 saturated heterocycles. The summed E-state index contributed by atoms with van der Waals surface area (Å²) in [6.07, 6.45) is -0.961. The van der Waals surface area contributed by atoms with E-state index in [0.717, 1.165) is 5.56 Å². The van der Waals surface area contributed by atoms with Crippen molar-refractivity contribution in [1.82, 2.24) is 0 Å². The first kappa shape index (κ1) is 15.7. The first-order valence-corrected chi connectivity index (χ1v) is 6.75. The third kappa shape index (κ3) is 3.51. The van der Waals surface area contributed by atoms with E-state index in [4.69, 9.17) is 9.84 Å². The van der Waals surface area contributed by atoms with Gasteiger partial charge in [-0.2, -0.15) is 0 Å². The van der Waals surface area contributed by atoms with Gasteiger partial charge in [0.05, 0.1) is 12.2 Å². The van der Waals surface area contributed by atoms with Crippen LogP contribution < -0.4 is 0 Å². The summed E-state index contributed by atoms with van der Waals surface area (Å²) >= 11 is 0. The average molecular weight is 300 g/mol. The van der Waals surface area contributed by atoms with Crippen LogP contribution in [-0.4, -0.2) is 28.3 Å². The van der Waals surface area contributed by atoms with Crippen LogP contribution in [0.2, 0.25) is 0 Å². The van der Waals surface area contributed by atoms with Gasteiger partial charge in [0.2, 0.25) is 0 Å². The number of carboxylic acids is 2. The molecule has 0 amide bonds. The van der Waals surface area contributed by atoms with Gasteiger partial charge in [-0.3, -0.25) is 0 Å². The molecule has 0 unspecified atom stereocenters. The van der Waals surface area contributed by atoms with E-state index in [1.165, 1.54) is 13.0 Å². The van der Waals surface area contributed by atoms with Crippen LogP contribution in [0.25, 0.3) is 11.1 Å². The Bertz CT molecular complexity index is 679. The molecule has 2 aromatic carbocycles. The molecule has 114 valence electrons. The summed E-state index contributed by atoms with van der Waals surface area (Å²) in [5.41, 5.74) is 2.10. The molecule has 2 N–H and O–H groups in total. The number of hydrogen-bond acceptors (Lipinski definition) is 3. The molecule has 0 spiro atoms. The highest BCUT2D eigenvalue weighted by Crippen LogP contribution is 2.28. The second-order valence-electron chi connectivity index (χ2n) is 4.80. The predicted molar refractivity (Wildman–Crippen MR) is 80.7 cm³/mol. The Kier molecular flexibility index (Phi) is 4.91. The highest BCUT2D eigenvalue weighted by Gasteiger charge is 2.17. The van der Waals surface area contributed by atoms with E-state index in [1.54, 1.807) is 12.1 Å². The van der Waals surface area contributed by atoms with E-state index >= 15 is 0 Å². The van der Waals surface area contributed by atoms with Crippen molar-refractivity contribution in [1.29, 1.82) is 0 Å². The van der Waals surface area contributed by atoms with Gasteiger partial charge in [0.25, 0.3) is 0 Å². The van der Waals surface area contributed by atoms with Crippen molar-refractivity contribution in [3.05, 3.63) is 59.7 Å².